The number of nitrogens with one attached hydrogen (secondary N) is 2. The van der Waals surface area contributed by atoms with E-state index in [0.717, 1.165) is 16.9 Å². The van der Waals surface area contributed by atoms with Crippen LogP contribution in [-0.4, -0.2) is 51.7 Å². The smallest absolute Gasteiger partial charge is 0.339 e. The molecule has 9 nitrogen and oxygen atoms in total. The largest absolute Gasteiger partial charge is 0.378 e. The molecule has 0 radical (unpaired) electrons. The molecule has 5 rings (SSSR count). The van der Waals surface area contributed by atoms with Crippen molar-refractivity contribution in [2.24, 2.45) is 5.16 Å². The summed E-state index contributed by atoms with van der Waals surface area (Å²) in [6, 6.07) is 38.2. The molecule has 0 saturated heterocycles. The first-order valence-electron chi connectivity index (χ1n) is 15.4. The van der Waals surface area contributed by atoms with Crippen LogP contribution >= 0.6 is 0 Å². The third-order valence-corrected chi connectivity index (χ3v) is 7.55. The molecule has 0 aliphatic carbocycles. The molecule has 48 heavy (non-hydrogen) atoms. The first-order valence-corrected chi connectivity index (χ1v) is 15.4. The van der Waals surface area contributed by atoms with Crippen LogP contribution in [0.5, 0.6) is 0 Å². The van der Waals surface area contributed by atoms with Gasteiger partial charge in [-0.3, -0.25) is 9.59 Å². The Morgan fingerprint density at radius 1 is 0.542 bits per heavy atom. The van der Waals surface area contributed by atoms with E-state index >= 15 is 0 Å². The van der Waals surface area contributed by atoms with Crippen molar-refractivity contribution in [3.05, 3.63) is 155 Å². The van der Waals surface area contributed by atoms with Gasteiger partial charge in [-0.1, -0.05) is 59.8 Å². The zero-order valence-corrected chi connectivity index (χ0v) is 27.3. The van der Waals surface area contributed by atoms with Crippen molar-refractivity contribution < 1.29 is 19.2 Å². The minimum Gasteiger partial charge on any atom is -0.378 e. The van der Waals surface area contributed by atoms with E-state index in [1.54, 1.807) is 72.8 Å². The monoisotopic (exact) mass is 639 g/mol. The zero-order chi connectivity index (χ0) is 34.0. The van der Waals surface area contributed by atoms with E-state index in [1.807, 2.05) is 92.6 Å². The minimum atomic E-state index is -0.507. The molecule has 0 aliphatic heterocycles. The van der Waals surface area contributed by atoms with E-state index < -0.39 is 5.97 Å². The molecule has 242 valence electrons. The number of benzene rings is 5. The van der Waals surface area contributed by atoms with Crippen LogP contribution in [0.4, 0.5) is 22.7 Å². The van der Waals surface area contributed by atoms with E-state index in [1.165, 1.54) is 0 Å². The highest BCUT2D eigenvalue weighted by Gasteiger charge is 2.14. The maximum atomic E-state index is 12.9. The van der Waals surface area contributed by atoms with Gasteiger partial charge in [-0.25, -0.2) is 4.79 Å². The van der Waals surface area contributed by atoms with Crippen molar-refractivity contribution in [2.45, 2.75) is 6.42 Å². The average molecular weight is 640 g/mol. The van der Waals surface area contributed by atoms with Gasteiger partial charge in [-0.05, 0) is 78.4 Å². The second-order valence-corrected chi connectivity index (χ2v) is 11.5. The van der Waals surface area contributed by atoms with Gasteiger partial charge in [-0.2, -0.15) is 0 Å². The SMILES string of the molecule is CN(C)c1ccc(C(=O)Nc2ccc(C(=NOC(=O)Cc3ccccc3)c3ccc(NC(=O)c4ccc(N(C)C)cc4)cc3)cc2)cc1. The van der Waals surface area contributed by atoms with Gasteiger partial charge in [0.15, 0.2) is 0 Å². The number of carbonyl (C=O) groups is 3. The fraction of sp³-hybridized carbons (Fsp3) is 0.128. The van der Waals surface area contributed by atoms with Crippen molar-refractivity contribution in [3.8, 4) is 0 Å². The normalized spacial score (nSPS) is 10.4. The number of hydrogen-bond donors (Lipinski definition) is 2. The predicted octanol–water partition coefficient (Wildman–Crippen LogP) is 6.86. The van der Waals surface area contributed by atoms with E-state index in [0.29, 0.717) is 39.3 Å². The Labute approximate surface area is 280 Å². The molecule has 0 aliphatic rings. The third-order valence-electron chi connectivity index (χ3n) is 7.55. The summed E-state index contributed by atoms with van der Waals surface area (Å²) in [6.45, 7) is 0. The Morgan fingerprint density at radius 2 is 0.938 bits per heavy atom. The summed E-state index contributed by atoms with van der Waals surface area (Å²) in [5.41, 5.74) is 6.80. The van der Waals surface area contributed by atoms with Crippen molar-refractivity contribution in [2.75, 3.05) is 48.6 Å². The van der Waals surface area contributed by atoms with Crippen LogP contribution in [0.15, 0.2) is 133 Å². The molecule has 2 amide bonds. The van der Waals surface area contributed by atoms with Crippen LogP contribution in [0, 0.1) is 0 Å². The van der Waals surface area contributed by atoms with Gasteiger partial charge < -0.3 is 25.3 Å². The maximum absolute atomic E-state index is 12.9. The van der Waals surface area contributed by atoms with Crippen molar-refractivity contribution in [1.82, 2.24) is 0 Å². The highest BCUT2D eigenvalue weighted by atomic mass is 16.7. The quantitative estimate of drug-likeness (QED) is 0.0930. The lowest BCUT2D eigenvalue weighted by Crippen LogP contribution is -2.14. The van der Waals surface area contributed by atoms with Gasteiger partial charge in [0, 0.05) is 73.2 Å². The van der Waals surface area contributed by atoms with Crippen LogP contribution in [0.3, 0.4) is 0 Å². The van der Waals surface area contributed by atoms with Gasteiger partial charge in [0.2, 0.25) is 0 Å². The molecular weight excluding hydrogens is 602 g/mol. The second kappa shape index (κ2) is 15.4. The topological polar surface area (TPSA) is 103 Å². The van der Waals surface area contributed by atoms with Crippen molar-refractivity contribution in [3.63, 3.8) is 0 Å². The predicted molar refractivity (Wildman–Crippen MR) is 192 cm³/mol. The molecule has 5 aromatic rings. The standard InChI is InChI=1S/C39H37N5O4/c1-43(2)34-22-14-30(15-23-34)38(46)40-32-18-10-28(11-19-32)37(42-48-36(45)26-27-8-6-5-7-9-27)29-12-20-33(21-13-29)41-39(47)31-16-24-35(25-17-31)44(3)4/h5-25H,26H2,1-4H3,(H,40,46)(H,41,47). The van der Waals surface area contributed by atoms with Crippen LogP contribution in [0.2, 0.25) is 0 Å². The number of carbonyl (C=O) groups excluding carboxylic acids is 3. The summed E-state index contributed by atoms with van der Waals surface area (Å²) in [5, 5.41) is 10.1. The number of anilines is 4. The lowest BCUT2D eigenvalue weighted by atomic mass is 10.0. The molecule has 5 aromatic carbocycles. The number of amides is 2. The van der Waals surface area contributed by atoms with Crippen molar-refractivity contribution >= 4 is 46.2 Å². The number of oxime groups is 1. The van der Waals surface area contributed by atoms with Gasteiger partial charge >= 0.3 is 5.97 Å². The van der Waals surface area contributed by atoms with Crippen LogP contribution in [0.1, 0.15) is 37.4 Å². The third kappa shape index (κ3) is 8.73. The fourth-order valence-electron chi connectivity index (χ4n) is 4.81. The molecule has 0 saturated carbocycles. The van der Waals surface area contributed by atoms with Crippen LogP contribution < -0.4 is 20.4 Å². The minimum absolute atomic E-state index is 0.0681. The number of rotatable bonds is 11. The lowest BCUT2D eigenvalue weighted by molar-refractivity contribution is -0.142. The molecule has 0 fully saturated rings. The summed E-state index contributed by atoms with van der Waals surface area (Å²) >= 11 is 0. The second-order valence-electron chi connectivity index (χ2n) is 11.5. The highest BCUT2D eigenvalue weighted by Crippen LogP contribution is 2.20. The average Bonchev–Trinajstić information content (AvgIpc) is 3.10. The molecule has 0 heterocycles. The van der Waals surface area contributed by atoms with E-state index in [9.17, 15) is 14.4 Å². The molecular formula is C39H37N5O4. The highest BCUT2D eigenvalue weighted by molar-refractivity contribution is 6.13. The Bertz CT molecular complexity index is 1770. The molecule has 0 spiro atoms. The zero-order valence-electron chi connectivity index (χ0n) is 27.3. The Kier molecular flexibility index (Phi) is 10.6. The van der Waals surface area contributed by atoms with E-state index in [-0.39, 0.29) is 18.2 Å². The fourth-order valence-corrected chi connectivity index (χ4v) is 4.81. The van der Waals surface area contributed by atoms with Gasteiger partial charge in [0.05, 0.1) is 6.42 Å². The Hall–Kier alpha value is -6.22. The summed E-state index contributed by atoms with van der Waals surface area (Å²) < 4.78 is 0. The van der Waals surface area contributed by atoms with Gasteiger partial charge in [-0.15, -0.1) is 0 Å². The summed E-state index contributed by atoms with van der Waals surface area (Å²) in [5.74, 6) is -0.974. The lowest BCUT2D eigenvalue weighted by Gasteiger charge is -2.13. The summed E-state index contributed by atoms with van der Waals surface area (Å²) in [7, 11) is 7.77. The van der Waals surface area contributed by atoms with Crippen LogP contribution in [-0.2, 0) is 16.1 Å². The molecule has 0 atom stereocenters. The Balaban J connectivity index is 1.33. The molecule has 9 heteroatoms. The molecule has 2 N–H and O–H groups in total. The maximum Gasteiger partial charge on any atom is 0.339 e. The first kappa shape index (κ1) is 33.2. The number of nitrogens with zero attached hydrogens (tertiary/aromatic N) is 3. The number of hydrogen-bond acceptors (Lipinski definition) is 7. The Morgan fingerprint density at radius 3 is 1.33 bits per heavy atom. The summed E-state index contributed by atoms with van der Waals surface area (Å²) in [6.07, 6.45) is 0.0681. The van der Waals surface area contributed by atoms with Crippen LogP contribution in [0.25, 0.3) is 0 Å². The first-order chi connectivity index (χ1) is 23.2. The van der Waals surface area contributed by atoms with Gasteiger partial charge in [0.25, 0.3) is 11.8 Å². The molecule has 0 unspecified atom stereocenters. The van der Waals surface area contributed by atoms with Gasteiger partial charge in [0.1, 0.15) is 5.71 Å². The van der Waals surface area contributed by atoms with E-state index in [2.05, 4.69) is 15.8 Å². The van der Waals surface area contributed by atoms with E-state index in [4.69, 9.17) is 4.84 Å². The molecule has 0 aromatic heterocycles. The molecule has 0 bridgehead atoms. The van der Waals surface area contributed by atoms with Crippen molar-refractivity contribution in [1.29, 1.82) is 0 Å². The summed E-state index contributed by atoms with van der Waals surface area (Å²) in [4.78, 5) is 47.7.